The molecular weight excluding hydrogens is 1010 g/mol. The van der Waals surface area contributed by atoms with E-state index in [4.69, 9.17) is 5.73 Å². The van der Waals surface area contributed by atoms with Crippen molar-refractivity contribution >= 4 is 58.2 Å². The van der Waals surface area contributed by atoms with Crippen molar-refractivity contribution in [2.75, 3.05) is 26.7 Å². The van der Waals surface area contributed by atoms with E-state index in [1.165, 1.54) is 26.6 Å². The first-order valence-electron chi connectivity index (χ1n) is 26.7. The Labute approximate surface area is 458 Å². The number of benzene rings is 3. The minimum atomic E-state index is -1.24. The minimum Gasteiger partial charge on any atom is -0.368 e. The van der Waals surface area contributed by atoms with Crippen LogP contribution in [0.2, 0.25) is 0 Å². The third-order valence-electron chi connectivity index (χ3n) is 14.1. The molecule has 7 rings (SSSR count). The predicted molar refractivity (Wildman–Crippen MR) is 295 cm³/mol. The molecular formula is C57H72N14O8. The van der Waals surface area contributed by atoms with Gasteiger partial charge in [0, 0.05) is 92.7 Å². The molecule has 3 aromatic heterocycles. The van der Waals surface area contributed by atoms with E-state index in [1.54, 1.807) is 37.3 Å². The quantitative estimate of drug-likeness (QED) is 0.0336. The van der Waals surface area contributed by atoms with Gasteiger partial charge in [-0.05, 0) is 61.3 Å². The first-order valence-corrected chi connectivity index (χ1v) is 26.7. The van der Waals surface area contributed by atoms with Crippen LogP contribution in [0.25, 0.3) is 10.9 Å². The Bertz CT molecular complexity index is 2990. The lowest BCUT2D eigenvalue weighted by Crippen LogP contribution is -2.59. The SMILES string of the molecule is CC(C)[C@H](NC(=O)[C@H](C)NC(=O)[C@H](Cc1c[nH]c2ccccc12)NC(=O)[C@H](Cc1cnc[nH]1)NC(=O)CCc1ccccc1)C(=O)N(C)CC(=O)N[C@@H](Cc1cnc[nH]1)C(=O)N1CCC[C@@H]1CN[C@@H](Cc1ccccc1)C(N)=O. The van der Waals surface area contributed by atoms with Gasteiger partial charge in [-0.15, -0.1) is 0 Å². The van der Waals surface area contributed by atoms with Crippen LogP contribution < -0.4 is 37.6 Å². The number of amides is 8. The summed E-state index contributed by atoms with van der Waals surface area (Å²) in [6.07, 6.45) is 10.2. The third-order valence-corrected chi connectivity index (χ3v) is 14.1. The van der Waals surface area contributed by atoms with E-state index in [0.29, 0.717) is 55.7 Å². The Balaban J connectivity index is 0.982. The second-order valence-corrected chi connectivity index (χ2v) is 20.4. The van der Waals surface area contributed by atoms with Crippen molar-refractivity contribution in [3.8, 4) is 0 Å². The van der Waals surface area contributed by atoms with E-state index in [2.05, 4.69) is 56.8 Å². The van der Waals surface area contributed by atoms with Crippen LogP contribution in [0.5, 0.6) is 0 Å². The average molecular weight is 1080 g/mol. The number of likely N-dealkylation sites (N-methyl/N-ethyl adjacent to an activating group) is 1. The number of hydrogen-bond donors (Lipinski definition) is 10. The molecule has 1 fully saturated rings. The number of primary amides is 1. The van der Waals surface area contributed by atoms with Gasteiger partial charge in [-0.3, -0.25) is 38.4 Å². The van der Waals surface area contributed by atoms with Gasteiger partial charge in [-0.1, -0.05) is 92.7 Å². The van der Waals surface area contributed by atoms with Crippen molar-refractivity contribution in [3.63, 3.8) is 0 Å². The standard InChI is InChI=1S/C57H72N14O8/c1-35(2)51(57(79)70(4)32-50(73)67-48(27-41-30-60-34-64-41)56(78)71-23-13-18-42(71)31-62-45(52(58)74)24-38-16-9-6-10-17-38)69-53(75)36(3)65-54(76)46(25-39-28-61-44-20-12-11-19-43(39)44)68-55(77)47(26-40-29-59-33-63-40)66-49(72)22-21-37-14-7-5-8-15-37/h5-12,14-17,19-20,28-30,33-36,42,45-48,51,61-62H,13,18,21-27,31-32H2,1-4H3,(H2,58,74)(H,59,63)(H,60,64)(H,65,76)(H,66,72)(H,67,73)(H,68,77)(H,69,75)/t36-,42+,45-,46-,47-,48-,51-/m0/s1. The molecule has 0 radical (unpaired) electrons. The molecule has 8 amide bonds. The maximum Gasteiger partial charge on any atom is 0.245 e. The third kappa shape index (κ3) is 16.7. The molecule has 11 N–H and O–H groups in total. The number of rotatable bonds is 28. The molecule has 6 aromatic rings. The number of carbonyl (C=O) groups is 8. The number of H-pyrrole nitrogens is 3. The zero-order valence-corrected chi connectivity index (χ0v) is 45.0. The zero-order chi connectivity index (χ0) is 56.4. The molecule has 0 aliphatic carbocycles. The van der Waals surface area contributed by atoms with Crippen LogP contribution in [-0.2, 0) is 70.5 Å². The number of likely N-dealkylation sites (tertiary alicyclic amines) is 1. The molecule has 22 nitrogen and oxygen atoms in total. The summed E-state index contributed by atoms with van der Waals surface area (Å²) in [4.78, 5) is 131. The number of para-hydroxylation sites is 1. The Morgan fingerprint density at radius 1 is 0.671 bits per heavy atom. The molecule has 0 spiro atoms. The number of aromatic nitrogens is 5. The van der Waals surface area contributed by atoms with Crippen molar-refractivity contribution in [1.29, 1.82) is 0 Å². The second kappa shape index (κ2) is 28.1. The summed E-state index contributed by atoms with van der Waals surface area (Å²) in [5.74, 6) is -4.99. The molecule has 1 aliphatic rings. The fourth-order valence-electron chi connectivity index (χ4n) is 9.69. The van der Waals surface area contributed by atoms with Crippen molar-refractivity contribution in [2.45, 2.75) is 114 Å². The second-order valence-electron chi connectivity index (χ2n) is 20.4. The molecule has 1 aliphatic heterocycles. The summed E-state index contributed by atoms with van der Waals surface area (Å²) in [7, 11) is 1.41. The van der Waals surface area contributed by atoms with E-state index in [1.807, 2.05) is 84.9 Å². The van der Waals surface area contributed by atoms with E-state index < -0.39 is 84.2 Å². The van der Waals surface area contributed by atoms with E-state index >= 15 is 0 Å². The Kier molecular flexibility index (Phi) is 20.6. The smallest absolute Gasteiger partial charge is 0.245 e. The van der Waals surface area contributed by atoms with Crippen LogP contribution in [0.15, 0.2) is 116 Å². The molecule has 7 atom stereocenters. The lowest BCUT2D eigenvalue weighted by atomic mass is 10.0. The van der Waals surface area contributed by atoms with E-state index in [0.717, 1.165) is 26.9 Å². The Hall–Kier alpha value is -8.66. The van der Waals surface area contributed by atoms with Crippen molar-refractivity contribution in [3.05, 3.63) is 144 Å². The van der Waals surface area contributed by atoms with Gasteiger partial charge in [0.2, 0.25) is 47.3 Å². The van der Waals surface area contributed by atoms with Gasteiger partial charge in [0.05, 0.1) is 25.2 Å². The lowest BCUT2D eigenvalue weighted by Gasteiger charge is -2.31. The number of carbonyl (C=O) groups excluding carboxylic acids is 8. The monoisotopic (exact) mass is 1080 g/mol. The first-order chi connectivity index (χ1) is 38.0. The highest BCUT2D eigenvalue weighted by molar-refractivity contribution is 5.97. The summed E-state index contributed by atoms with van der Waals surface area (Å²) in [5, 5.41) is 18.1. The average Bonchev–Trinajstić information content (AvgIpc) is 4.35. The van der Waals surface area contributed by atoms with Crippen LogP contribution in [0.1, 0.15) is 68.1 Å². The fourth-order valence-corrected chi connectivity index (χ4v) is 9.69. The lowest BCUT2D eigenvalue weighted by molar-refractivity contribution is -0.141. The summed E-state index contributed by atoms with van der Waals surface area (Å²) in [6.45, 7) is 5.15. The number of hydrogen-bond acceptors (Lipinski definition) is 11. The first kappa shape index (κ1) is 58.0. The van der Waals surface area contributed by atoms with Crippen LogP contribution >= 0.6 is 0 Å². The van der Waals surface area contributed by atoms with Gasteiger partial charge in [0.1, 0.15) is 30.2 Å². The highest BCUT2D eigenvalue weighted by Crippen LogP contribution is 2.21. The van der Waals surface area contributed by atoms with E-state index in [-0.39, 0.29) is 43.5 Å². The normalized spacial score (nSPS) is 15.5. The Morgan fingerprint density at radius 2 is 1.28 bits per heavy atom. The fraction of sp³-hybridized carbons (Fsp3) is 0.404. The minimum absolute atomic E-state index is 0.00531. The maximum absolute atomic E-state index is 14.4. The molecule has 0 bridgehead atoms. The van der Waals surface area contributed by atoms with Crippen LogP contribution in [0, 0.1) is 5.92 Å². The summed E-state index contributed by atoms with van der Waals surface area (Å²) >= 11 is 0. The molecule has 0 saturated carbocycles. The predicted octanol–water partition coefficient (Wildman–Crippen LogP) is 1.51. The van der Waals surface area contributed by atoms with E-state index in [9.17, 15) is 38.4 Å². The molecule has 418 valence electrons. The van der Waals surface area contributed by atoms with Gasteiger partial charge in [0.15, 0.2) is 0 Å². The van der Waals surface area contributed by atoms with Gasteiger partial charge in [0.25, 0.3) is 0 Å². The van der Waals surface area contributed by atoms with Crippen LogP contribution in [0.3, 0.4) is 0 Å². The molecule has 1 saturated heterocycles. The number of imidazole rings is 2. The van der Waals surface area contributed by atoms with Crippen molar-refractivity contribution in [1.82, 2.24) is 66.6 Å². The van der Waals surface area contributed by atoms with Gasteiger partial charge in [-0.25, -0.2) is 9.97 Å². The largest absolute Gasteiger partial charge is 0.368 e. The zero-order valence-electron chi connectivity index (χ0n) is 45.0. The van der Waals surface area contributed by atoms with Crippen LogP contribution in [0.4, 0.5) is 0 Å². The maximum atomic E-state index is 14.4. The number of nitrogens with two attached hydrogens (primary N) is 1. The van der Waals surface area contributed by atoms with Crippen molar-refractivity contribution in [2.24, 2.45) is 11.7 Å². The topological polar surface area (TPSA) is 314 Å². The molecule has 0 unspecified atom stereocenters. The Morgan fingerprint density at radius 3 is 1.92 bits per heavy atom. The van der Waals surface area contributed by atoms with Crippen LogP contribution in [-0.4, -0.2) is 151 Å². The number of aromatic amines is 3. The molecule has 3 aromatic carbocycles. The summed E-state index contributed by atoms with van der Waals surface area (Å²) in [6, 6.07) is 19.7. The number of nitrogens with zero attached hydrogens (tertiary/aromatic N) is 4. The van der Waals surface area contributed by atoms with Gasteiger partial charge >= 0.3 is 0 Å². The number of aryl methyl sites for hydroxylation is 1. The van der Waals surface area contributed by atoms with Crippen molar-refractivity contribution < 1.29 is 38.4 Å². The summed E-state index contributed by atoms with van der Waals surface area (Å²) in [5.41, 5.74) is 10.3. The summed E-state index contributed by atoms with van der Waals surface area (Å²) < 4.78 is 0. The molecule has 79 heavy (non-hydrogen) atoms. The van der Waals surface area contributed by atoms with Gasteiger partial charge in [-0.2, -0.15) is 0 Å². The molecule has 4 heterocycles. The molecule has 22 heteroatoms. The highest BCUT2D eigenvalue weighted by atomic mass is 16.2. The highest BCUT2D eigenvalue weighted by Gasteiger charge is 2.37. The number of nitrogens with one attached hydrogen (secondary N) is 9. The van der Waals surface area contributed by atoms with Gasteiger partial charge < -0.3 is 62.4 Å². The number of fused-ring (bicyclic) bond motifs is 1.